The van der Waals surface area contributed by atoms with Gasteiger partial charge in [-0.3, -0.25) is 0 Å². The predicted molar refractivity (Wildman–Crippen MR) is 77.4 cm³/mol. The van der Waals surface area contributed by atoms with Crippen LogP contribution in [-0.4, -0.2) is 24.7 Å². The molecule has 4 atom stereocenters. The standard InChI is InChI=1S/C16H28N2/c1-3-8-13(4-2)18-16-10-6-5-9-14(16)15-11-7-12-17-15/h2,13-18H,3,5-12H2,1H3. The molecule has 0 aromatic heterocycles. The summed E-state index contributed by atoms with van der Waals surface area (Å²) in [5, 5.41) is 7.45. The van der Waals surface area contributed by atoms with Crippen LogP contribution in [0.3, 0.4) is 0 Å². The van der Waals surface area contributed by atoms with Crippen molar-refractivity contribution in [1.29, 1.82) is 0 Å². The second-order valence-electron chi connectivity index (χ2n) is 5.93. The van der Waals surface area contributed by atoms with E-state index in [1.807, 2.05) is 0 Å². The van der Waals surface area contributed by atoms with Gasteiger partial charge in [0.25, 0.3) is 0 Å². The van der Waals surface area contributed by atoms with Crippen LogP contribution in [0.1, 0.15) is 58.3 Å². The molecule has 0 bridgehead atoms. The summed E-state index contributed by atoms with van der Waals surface area (Å²) in [6, 6.07) is 1.66. The van der Waals surface area contributed by atoms with Gasteiger partial charge in [-0.05, 0) is 44.6 Å². The molecule has 2 N–H and O–H groups in total. The van der Waals surface area contributed by atoms with E-state index >= 15 is 0 Å². The van der Waals surface area contributed by atoms with E-state index in [2.05, 4.69) is 23.5 Å². The predicted octanol–water partition coefficient (Wildman–Crippen LogP) is 2.69. The maximum absolute atomic E-state index is 5.65. The lowest BCUT2D eigenvalue weighted by Gasteiger charge is -2.37. The molecule has 2 nitrogen and oxygen atoms in total. The van der Waals surface area contributed by atoms with Crippen LogP contribution >= 0.6 is 0 Å². The SMILES string of the molecule is C#CC(CCC)NC1CCCCC1C1CCCN1. The van der Waals surface area contributed by atoms with Crippen molar-refractivity contribution in [1.82, 2.24) is 10.6 Å². The van der Waals surface area contributed by atoms with E-state index in [1.165, 1.54) is 51.5 Å². The first-order valence-corrected chi connectivity index (χ1v) is 7.80. The Morgan fingerprint density at radius 3 is 2.78 bits per heavy atom. The maximum atomic E-state index is 5.65. The largest absolute Gasteiger partial charge is 0.314 e. The van der Waals surface area contributed by atoms with Gasteiger partial charge in [0.05, 0.1) is 6.04 Å². The van der Waals surface area contributed by atoms with Crippen molar-refractivity contribution >= 4 is 0 Å². The highest BCUT2D eigenvalue weighted by molar-refractivity contribution is 5.02. The van der Waals surface area contributed by atoms with Crippen LogP contribution in [0.5, 0.6) is 0 Å². The number of nitrogens with one attached hydrogen (secondary N) is 2. The summed E-state index contributed by atoms with van der Waals surface area (Å²) in [4.78, 5) is 0. The molecule has 0 radical (unpaired) electrons. The van der Waals surface area contributed by atoms with Gasteiger partial charge in [0, 0.05) is 12.1 Å². The highest BCUT2D eigenvalue weighted by atomic mass is 15.0. The van der Waals surface area contributed by atoms with Crippen LogP contribution in [0.25, 0.3) is 0 Å². The molecule has 0 amide bonds. The molecule has 0 aromatic carbocycles. The third kappa shape index (κ3) is 3.49. The molecule has 4 unspecified atom stereocenters. The second kappa shape index (κ2) is 7.16. The Balaban J connectivity index is 1.92. The molecule has 102 valence electrons. The summed E-state index contributed by atoms with van der Waals surface area (Å²) < 4.78 is 0. The molecule has 18 heavy (non-hydrogen) atoms. The van der Waals surface area contributed by atoms with Gasteiger partial charge in [0.2, 0.25) is 0 Å². The monoisotopic (exact) mass is 248 g/mol. The van der Waals surface area contributed by atoms with Crippen molar-refractivity contribution < 1.29 is 0 Å². The molecule has 2 fully saturated rings. The highest BCUT2D eigenvalue weighted by Gasteiger charge is 2.33. The third-order valence-electron chi connectivity index (χ3n) is 4.63. The van der Waals surface area contributed by atoms with E-state index in [0.29, 0.717) is 6.04 Å². The minimum absolute atomic E-state index is 0.280. The summed E-state index contributed by atoms with van der Waals surface area (Å²) in [5.41, 5.74) is 0. The molecule has 2 aliphatic rings. The quantitative estimate of drug-likeness (QED) is 0.731. The normalized spacial score (nSPS) is 34.1. The van der Waals surface area contributed by atoms with Crippen molar-refractivity contribution in [3.05, 3.63) is 0 Å². The highest BCUT2D eigenvalue weighted by Crippen LogP contribution is 2.31. The van der Waals surface area contributed by atoms with Gasteiger partial charge in [-0.15, -0.1) is 6.42 Å². The van der Waals surface area contributed by atoms with Crippen molar-refractivity contribution in [3.63, 3.8) is 0 Å². The lowest BCUT2D eigenvalue weighted by molar-refractivity contribution is 0.207. The fourth-order valence-corrected chi connectivity index (χ4v) is 3.69. The Morgan fingerprint density at radius 1 is 1.28 bits per heavy atom. The minimum Gasteiger partial charge on any atom is -0.314 e. The molecule has 1 saturated carbocycles. The Bertz CT molecular complexity index is 275. The molecule has 1 saturated heterocycles. The number of hydrogen-bond donors (Lipinski definition) is 2. The maximum Gasteiger partial charge on any atom is 0.0689 e. The zero-order valence-electron chi connectivity index (χ0n) is 11.8. The Morgan fingerprint density at radius 2 is 2.11 bits per heavy atom. The molecular formula is C16H28N2. The molecule has 2 rings (SSSR count). The molecule has 1 aliphatic heterocycles. The Labute approximate surface area is 112 Å². The van der Waals surface area contributed by atoms with Gasteiger partial charge in [-0.25, -0.2) is 0 Å². The molecule has 0 spiro atoms. The summed E-state index contributed by atoms with van der Waals surface area (Å²) >= 11 is 0. The summed E-state index contributed by atoms with van der Waals surface area (Å²) in [7, 11) is 0. The number of hydrogen-bond acceptors (Lipinski definition) is 2. The molecule has 0 aromatic rings. The number of rotatable bonds is 5. The molecular weight excluding hydrogens is 220 g/mol. The molecule has 1 aliphatic carbocycles. The first kappa shape index (κ1) is 13.9. The zero-order valence-corrected chi connectivity index (χ0v) is 11.8. The lowest BCUT2D eigenvalue weighted by atomic mass is 9.79. The summed E-state index contributed by atoms with van der Waals surface area (Å²) in [5.74, 6) is 3.73. The van der Waals surface area contributed by atoms with Crippen LogP contribution in [-0.2, 0) is 0 Å². The first-order chi connectivity index (χ1) is 8.85. The van der Waals surface area contributed by atoms with Gasteiger partial charge in [0.1, 0.15) is 0 Å². The van der Waals surface area contributed by atoms with Crippen molar-refractivity contribution in [2.75, 3.05) is 6.54 Å². The van der Waals surface area contributed by atoms with Crippen molar-refractivity contribution in [2.24, 2.45) is 5.92 Å². The average molecular weight is 248 g/mol. The van der Waals surface area contributed by atoms with E-state index in [0.717, 1.165) is 18.4 Å². The van der Waals surface area contributed by atoms with E-state index in [4.69, 9.17) is 6.42 Å². The Kier molecular flexibility index (Phi) is 5.53. The van der Waals surface area contributed by atoms with Gasteiger partial charge < -0.3 is 10.6 Å². The first-order valence-electron chi connectivity index (χ1n) is 7.80. The van der Waals surface area contributed by atoms with E-state index in [9.17, 15) is 0 Å². The van der Waals surface area contributed by atoms with E-state index < -0.39 is 0 Å². The van der Waals surface area contributed by atoms with Crippen LogP contribution < -0.4 is 10.6 Å². The average Bonchev–Trinajstić information content (AvgIpc) is 2.92. The van der Waals surface area contributed by atoms with Gasteiger partial charge in [-0.1, -0.05) is 32.1 Å². The number of terminal acetylenes is 1. The second-order valence-corrected chi connectivity index (χ2v) is 5.93. The third-order valence-corrected chi connectivity index (χ3v) is 4.63. The van der Waals surface area contributed by atoms with Crippen molar-refractivity contribution in [2.45, 2.75) is 76.4 Å². The van der Waals surface area contributed by atoms with Crippen LogP contribution in [0.15, 0.2) is 0 Å². The van der Waals surface area contributed by atoms with Crippen LogP contribution in [0, 0.1) is 18.3 Å². The van der Waals surface area contributed by atoms with Gasteiger partial charge in [0.15, 0.2) is 0 Å². The van der Waals surface area contributed by atoms with Gasteiger partial charge >= 0.3 is 0 Å². The summed E-state index contributed by atoms with van der Waals surface area (Å²) in [6.07, 6.45) is 16.1. The smallest absolute Gasteiger partial charge is 0.0689 e. The summed E-state index contributed by atoms with van der Waals surface area (Å²) in [6.45, 7) is 3.42. The lowest BCUT2D eigenvalue weighted by Crippen LogP contribution is -2.49. The van der Waals surface area contributed by atoms with E-state index in [-0.39, 0.29) is 6.04 Å². The molecule has 2 heteroatoms. The van der Waals surface area contributed by atoms with E-state index in [1.54, 1.807) is 0 Å². The minimum atomic E-state index is 0.280. The molecule has 1 heterocycles. The van der Waals surface area contributed by atoms with Gasteiger partial charge in [-0.2, -0.15) is 0 Å². The Hall–Kier alpha value is -0.520. The fraction of sp³-hybridized carbons (Fsp3) is 0.875. The van der Waals surface area contributed by atoms with Crippen LogP contribution in [0.4, 0.5) is 0 Å². The topological polar surface area (TPSA) is 24.1 Å². The van der Waals surface area contributed by atoms with Crippen LogP contribution in [0.2, 0.25) is 0 Å². The van der Waals surface area contributed by atoms with Crippen molar-refractivity contribution in [3.8, 4) is 12.3 Å². The zero-order chi connectivity index (χ0) is 12.8. The fourth-order valence-electron chi connectivity index (χ4n) is 3.69.